The number of carbonyl (C=O) groups excluding carboxylic acids is 1. The molecular formula is C17H23N5O. The Kier molecular flexibility index (Phi) is 4.92. The van der Waals surface area contributed by atoms with E-state index in [0.29, 0.717) is 18.1 Å². The fourth-order valence-corrected chi connectivity index (χ4v) is 3.10. The van der Waals surface area contributed by atoms with Gasteiger partial charge in [-0.3, -0.25) is 14.8 Å². The topological polar surface area (TPSA) is 87.0 Å². The summed E-state index contributed by atoms with van der Waals surface area (Å²) in [6.45, 7) is 2.72. The number of hydrogen-bond donors (Lipinski definition) is 3. The predicted octanol–water partition coefficient (Wildman–Crippen LogP) is 1.95. The normalized spacial score (nSPS) is 16.9. The number of nitrogen functional groups attached to an aromatic ring is 1. The maximum Gasteiger partial charge on any atom is 0.269 e. The third kappa shape index (κ3) is 3.90. The minimum atomic E-state index is -0.174. The van der Waals surface area contributed by atoms with Gasteiger partial charge in [0.1, 0.15) is 11.5 Å². The third-order valence-electron chi connectivity index (χ3n) is 4.31. The maximum absolute atomic E-state index is 12.2. The van der Waals surface area contributed by atoms with E-state index in [2.05, 4.69) is 32.5 Å². The Morgan fingerprint density at radius 1 is 1.26 bits per heavy atom. The van der Waals surface area contributed by atoms with Gasteiger partial charge in [0.25, 0.3) is 5.91 Å². The molecule has 0 saturated carbocycles. The van der Waals surface area contributed by atoms with Crippen LogP contribution in [-0.2, 0) is 0 Å². The molecule has 0 unspecified atom stereocenters. The van der Waals surface area contributed by atoms with Crippen molar-refractivity contribution in [2.75, 3.05) is 25.4 Å². The largest absolute Gasteiger partial charge is 0.382 e. The van der Waals surface area contributed by atoms with Crippen LogP contribution in [0.4, 0.5) is 5.82 Å². The van der Waals surface area contributed by atoms with Crippen LogP contribution >= 0.6 is 0 Å². The molecule has 23 heavy (non-hydrogen) atoms. The SMILES string of the molecule is Nc1cc(C(=O)NC[C@@H](c2ccccc2)N2CCCCC2)[nH]n1. The first-order chi connectivity index (χ1) is 11.2. The molecule has 6 nitrogen and oxygen atoms in total. The smallest absolute Gasteiger partial charge is 0.269 e. The standard InChI is InChI=1S/C17H23N5O/c18-16-11-14(20-21-16)17(23)19-12-15(13-7-3-1-4-8-13)22-9-5-2-6-10-22/h1,3-4,7-8,11,15H,2,5-6,9-10,12H2,(H,19,23)(H3,18,20,21)/t15-/m0/s1. The summed E-state index contributed by atoms with van der Waals surface area (Å²) in [6, 6.07) is 12.1. The summed E-state index contributed by atoms with van der Waals surface area (Å²) in [4.78, 5) is 14.7. The molecule has 0 bridgehead atoms. The molecule has 122 valence electrons. The lowest BCUT2D eigenvalue weighted by Crippen LogP contribution is -2.40. The predicted molar refractivity (Wildman–Crippen MR) is 89.9 cm³/mol. The van der Waals surface area contributed by atoms with E-state index in [1.165, 1.54) is 24.8 Å². The van der Waals surface area contributed by atoms with E-state index in [4.69, 9.17) is 5.73 Å². The van der Waals surface area contributed by atoms with Crippen LogP contribution in [0.15, 0.2) is 36.4 Å². The summed E-state index contributed by atoms with van der Waals surface area (Å²) in [6.07, 6.45) is 3.72. The van der Waals surface area contributed by atoms with Crippen LogP contribution in [0.2, 0.25) is 0 Å². The number of aromatic nitrogens is 2. The minimum absolute atomic E-state index is 0.174. The highest BCUT2D eigenvalue weighted by molar-refractivity contribution is 5.92. The molecule has 2 heterocycles. The number of carbonyl (C=O) groups is 1. The Labute approximate surface area is 136 Å². The number of piperidine rings is 1. The Morgan fingerprint density at radius 3 is 2.65 bits per heavy atom. The number of H-pyrrole nitrogens is 1. The molecule has 1 aliphatic rings. The zero-order chi connectivity index (χ0) is 16.1. The Balaban J connectivity index is 1.69. The van der Waals surface area contributed by atoms with Crippen molar-refractivity contribution >= 4 is 11.7 Å². The lowest BCUT2D eigenvalue weighted by atomic mass is 10.0. The van der Waals surface area contributed by atoms with Gasteiger partial charge in [0, 0.05) is 12.6 Å². The highest BCUT2D eigenvalue weighted by Gasteiger charge is 2.23. The second kappa shape index (κ2) is 7.28. The van der Waals surface area contributed by atoms with E-state index in [1.54, 1.807) is 6.07 Å². The van der Waals surface area contributed by atoms with Crippen molar-refractivity contribution in [1.82, 2.24) is 20.4 Å². The molecule has 1 atom stereocenters. The molecule has 1 aromatic carbocycles. The Bertz CT molecular complexity index is 633. The van der Waals surface area contributed by atoms with Crippen molar-refractivity contribution in [3.8, 4) is 0 Å². The van der Waals surface area contributed by atoms with Gasteiger partial charge in [-0.1, -0.05) is 36.8 Å². The molecule has 1 amide bonds. The summed E-state index contributed by atoms with van der Waals surface area (Å²) in [5.74, 6) is 0.151. The van der Waals surface area contributed by atoms with Crippen LogP contribution in [0.1, 0.15) is 41.4 Å². The van der Waals surface area contributed by atoms with Crippen LogP contribution < -0.4 is 11.1 Å². The summed E-state index contributed by atoms with van der Waals surface area (Å²) in [5, 5.41) is 9.44. The summed E-state index contributed by atoms with van der Waals surface area (Å²) in [5.41, 5.74) is 7.18. The number of aromatic amines is 1. The number of nitrogens with zero attached hydrogens (tertiary/aromatic N) is 2. The van der Waals surface area contributed by atoms with Gasteiger partial charge in [-0.15, -0.1) is 0 Å². The summed E-state index contributed by atoms with van der Waals surface area (Å²) in [7, 11) is 0. The Morgan fingerprint density at radius 2 is 2.00 bits per heavy atom. The molecule has 1 aromatic heterocycles. The van der Waals surface area contributed by atoms with E-state index in [-0.39, 0.29) is 11.9 Å². The maximum atomic E-state index is 12.2. The Hall–Kier alpha value is -2.34. The van der Waals surface area contributed by atoms with Gasteiger partial charge in [-0.25, -0.2) is 0 Å². The van der Waals surface area contributed by atoms with E-state index >= 15 is 0 Å². The van der Waals surface area contributed by atoms with Gasteiger partial charge < -0.3 is 11.1 Å². The molecule has 1 fully saturated rings. The second-order valence-electron chi connectivity index (χ2n) is 5.94. The number of hydrogen-bond acceptors (Lipinski definition) is 4. The van der Waals surface area contributed by atoms with Crippen LogP contribution in [0.5, 0.6) is 0 Å². The molecule has 3 rings (SSSR count). The van der Waals surface area contributed by atoms with Crippen molar-refractivity contribution in [3.05, 3.63) is 47.7 Å². The lowest BCUT2D eigenvalue weighted by Gasteiger charge is -2.35. The highest BCUT2D eigenvalue weighted by Crippen LogP contribution is 2.24. The molecule has 2 aromatic rings. The molecule has 1 aliphatic heterocycles. The third-order valence-corrected chi connectivity index (χ3v) is 4.31. The quantitative estimate of drug-likeness (QED) is 0.787. The van der Waals surface area contributed by atoms with Gasteiger partial charge in [0.15, 0.2) is 0 Å². The van der Waals surface area contributed by atoms with E-state index < -0.39 is 0 Å². The molecule has 4 N–H and O–H groups in total. The van der Waals surface area contributed by atoms with Gasteiger partial charge >= 0.3 is 0 Å². The van der Waals surface area contributed by atoms with Gasteiger partial charge in [-0.2, -0.15) is 5.10 Å². The fourth-order valence-electron chi connectivity index (χ4n) is 3.10. The number of nitrogens with two attached hydrogens (primary N) is 1. The molecular weight excluding hydrogens is 290 g/mol. The van der Waals surface area contributed by atoms with Gasteiger partial charge in [0.05, 0.1) is 6.04 Å². The van der Waals surface area contributed by atoms with E-state index in [9.17, 15) is 4.79 Å². The number of amides is 1. The first-order valence-corrected chi connectivity index (χ1v) is 8.12. The molecule has 0 spiro atoms. The fraction of sp³-hybridized carbons (Fsp3) is 0.412. The zero-order valence-electron chi connectivity index (χ0n) is 13.2. The average Bonchev–Trinajstić information content (AvgIpc) is 3.03. The van der Waals surface area contributed by atoms with Crippen molar-refractivity contribution in [3.63, 3.8) is 0 Å². The van der Waals surface area contributed by atoms with Crippen molar-refractivity contribution in [1.29, 1.82) is 0 Å². The molecule has 0 radical (unpaired) electrons. The number of benzene rings is 1. The van der Waals surface area contributed by atoms with Crippen molar-refractivity contribution in [2.45, 2.75) is 25.3 Å². The molecule has 6 heteroatoms. The van der Waals surface area contributed by atoms with Crippen LogP contribution in [0.25, 0.3) is 0 Å². The first-order valence-electron chi connectivity index (χ1n) is 8.12. The van der Waals surface area contributed by atoms with Gasteiger partial charge in [-0.05, 0) is 31.5 Å². The number of likely N-dealkylation sites (tertiary alicyclic amines) is 1. The number of rotatable bonds is 5. The van der Waals surface area contributed by atoms with E-state index in [1.807, 2.05) is 18.2 Å². The van der Waals surface area contributed by atoms with Crippen molar-refractivity contribution < 1.29 is 4.79 Å². The second-order valence-corrected chi connectivity index (χ2v) is 5.94. The number of anilines is 1. The van der Waals surface area contributed by atoms with E-state index in [0.717, 1.165) is 13.1 Å². The minimum Gasteiger partial charge on any atom is -0.382 e. The molecule has 0 aliphatic carbocycles. The van der Waals surface area contributed by atoms with Gasteiger partial charge in [0.2, 0.25) is 0 Å². The summed E-state index contributed by atoms with van der Waals surface area (Å²) >= 11 is 0. The summed E-state index contributed by atoms with van der Waals surface area (Å²) < 4.78 is 0. The average molecular weight is 313 g/mol. The zero-order valence-corrected chi connectivity index (χ0v) is 13.2. The molecule has 1 saturated heterocycles. The number of nitrogens with one attached hydrogen (secondary N) is 2. The monoisotopic (exact) mass is 313 g/mol. The van der Waals surface area contributed by atoms with Crippen LogP contribution in [-0.4, -0.2) is 40.6 Å². The highest BCUT2D eigenvalue weighted by atomic mass is 16.1. The van der Waals surface area contributed by atoms with Crippen molar-refractivity contribution in [2.24, 2.45) is 0 Å². The first kappa shape index (κ1) is 15.6. The lowest BCUT2D eigenvalue weighted by molar-refractivity contribution is 0.0919. The van der Waals surface area contributed by atoms with Crippen LogP contribution in [0, 0.1) is 0 Å². The van der Waals surface area contributed by atoms with Crippen LogP contribution in [0.3, 0.4) is 0 Å².